The lowest BCUT2D eigenvalue weighted by molar-refractivity contribution is -0.142. The Kier molecular flexibility index (Phi) is 10.6. The zero-order chi connectivity index (χ0) is 26.6. The van der Waals surface area contributed by atoms with E-state index in [0.29, 0.717) is 19.4 Å². The number of nitrogens with one attached hydrogen (secondary N) is 4. The van der Waals surface area contributed by atoms with Crippen molar-refractivity contribution in [3.05, 3.63) is 71.8 Å². The molecule has 1 heterocycles. The van der Waals surface area contributed by atoms with Crippen LogP contribution in [0.1, 0.15) is 30.4 Å². The van der Waals surface area contributed by atoms with E-state index in [1.807, 2.05) is 36.4 Å². The highest BCUT2D eigenvalue weighted by Crippen LogP contribution is 2.09. The third-order valence-corrected chi connectivity index (χ3v) is 6.21. The van der Waals surface area contributed by atoms with Gasteiger partial charge in [0.1, 0.15) is 12.1 Å². The van der Waals surface area contributed by atoms with Crippen molar-refractivity contribution in [3.63, 3.8) is 0 Å². The highest BCUT2D eigenvalue weighted by atomic mass is 16.4. The molecule has 1 saturated heterocycles. The standard InChI is InChI=1S/C27H34N4O6/c32-17-23(31-25(34)21-12-7-13-28-21)26(35)29-20(14-18-8-3-1-4-9-18)16-24(33)30-22(27(36)37)15-19-10-5-2-6-11-19/h1-6,8-11,20-23,28,32H,7,12-17H2,(H,29,35)(H,30,33)(H,31,34)(H,36,37)/t20-,21-,22-,23-/m0/s1. The Morgan fingerprint density at radius 3 is 2.03 bits per heavy atom. The number of carboxylic acid groups (broad SMARTS) is 1. The summed E-state index contributed by atoms with van der Waals surface area (Å²) in [5.41, 5.74) is 1.63. The van der Waals surface area contributed by atoms with Crippen molar-refractivity contribution in [1.29, 1.82) is 0 Å². The number of benzene rings is 2. The van der Waals surface area contributed by atoms with Crippen LogP contribution < -0.4 is 21.3 Å². The molecule has 1 fully saturated rings. The first-order chi connectivity index (χ1) is 17.9. The Balaban J connectivity index is 1.65. The molecule has 0 spiro atoms. The van der Waals surface area contributed by atoms with E-state index in [-0.39, 0.29) is 18.7 Å². The summed E-state index contributed by atoms with van der Waals surface area (Å²) in [4.78, 5) is 50.0. The Hall–Kier alpha value is -3.76. The maximum absolute atomic E-state index is 12.9. The second-order valence-electron chi connectivity index (χ2n) is 9.14. The maximum Gasteiger partial charge on any atom is 0.326 e. The molecule has 0 radical (unpaired) electrons. The molecule has 3 rings (SSSR count). The number of carbonyl (C=O) groups is 4. The summed E-state index contributed by atoms with van der Waals surface area (Å²) in [6.07, 6.45) is 1.73. The fourth-order valence-electron chi connectivity index (χ4n) is 4.28. The minimum atomic E-state index is -1.18. The third kappa shape index (κ3) is 9.00. The van der Waals surface area contributed by atoms with Crippen LogP contribution in [0.4, 0.5) is 0 Å². The summed E-state index contributed by atoms with van der Waals surface area (Å²) in [5.74, 6) is -2.69. The van der Waals surface area contributed by atoms with Gasteiger partial charge in [-0.05, 0) is 36.9 Å². The largest absolute Gasteiger partial charge is 0.480 e. The predicted molar refractivity (Wildman–Crippen MR) is 136 cm³/mol. The van der Waals surface area contributed by atoms with Gasteiger partial charge < -0.3 is 31.5 Å². The highest BCUT2D eigenvalue weighted by Gasteiger charge is 2.29. The zero-order valence-electron chi connectivity index (χ0n) is 20.6. The Labute approximate surface area is 215 Å². The summed E-state index contributed by atoms with van der Waals surface area (Å²) in [6.45, 7) is 0.108. The fraction of sp³-hybridized carbons (Fsp3) is 0.407. The van der Waals surface area contributed by atoms with Crippen molar-refractivity contribution in [1.82, 2.24) is 21.3 Å². The van der Waals surface area contributed by atoms with Crippen LogP contribution in [-0.2, 0) is 32.0 Å². The predicted octanol–water partition coefficient (Wildman–Crippen LogP) is 0.145. The van der Waals surface area contributed by atoms with Gasteiger partial charge in [0.25, 0.3) is 0 Å². The van der Waals surface area contributed by atoms with Crippen molar-refractivity contribution in [2.75, 3.05) is 13.2 Å². The van der Waals surface area contributed by atoms with Gasteiger partial charge in [0.2, 0.25) is 17.7 Å². The van der Waals surface area contributed by atoms with Gasteiger partial charge in [0.15, 0.2) is 0 Å². The van der Waals surface area contributed by atoms with E-state index in [4.69, 9.17) is 0 Å². The smallest absolute Gasteiger partial charge is 0.326 e. The molecule has 1 aliphatic heterocycles. The topological polar surface area (TPSA) is 157 Å². The summed E-state index contributed by atoms with van der Waals surface area (Å²) in [5, 5.41) is 30.3. The molecule has 0 saturated carbocycles. The average Bonchev–Trinajstić information content (AvgIpc) is 3.43. The molecule has 1 aliphatic rings. The molecule has 2 aromatic rings. The number of hydrogen-bond donors (Lipinski definition) is 6. The first kappa shape index (κ1) is 27.8. The Bertz CT molecular complexity index is 1040. The number of carboxylic acids is 1. The van der Waals surface area contributed by atoms with Crippen LogP contribution in [0.5, 0.6) is 0 Å². The molecule has 10 heteroatoms. The number of carbonyl (C=O) groups excluding carboxylic acids is 3. The summed E-state index contributed by atoms with van der Waals surface area (Å²) < 4.78 is 0. The minimum absolute atomic E-state index is 0.117. The van der Waals surface area contributed by atoms with Gasteiger partial charge in [-0.25, -0.2) is 4.79 Å². The van der Waals surface area contributed by atoms with Gasteiger partial charge >= 0.3 is 5.97 Å². The number of amides is 3. The van der Waals surface area contributed by atoms with Crippen LogP contribution in [-0.4, -0.2) is 71.2 Å². The third-order valence-electron chi connectivity index (χ3n) is 6.21. The minimum Gasteiger partial charge on any atom is -0.480 e. The molecule has 0 aromatic heterocycles. The number of hydrogen-bond acceptors (Lipinski definition) is 6. The molecule has 6 N–H and O–H groups in total. The molecular formula is C27H34N4O6. The van der Waals surface area contributed by atoms with Crippen molar-refractivity contribution in [2.24, 2.45) is 0 Å². The molecule has 4 atom stereocenters. The number of aliphatic hydroxyl groups is 1. The fourth-order valence-corrected chi connectivity index (χ4v) is 4.28. The summed E-state index contributed by atoms with van der Waals surface area (Å²) in [7, 11) is 0. The highest BCUT2D eigenvalue weighted by molar-refractivity contribution is 5.90. The van der Waals surface area contributed by atoms with Crippen LogP contribution in [0.25, 0.3) is 0 Å². The molecule has 37 heavy (non-hydrogen) atoms. The second-order valence-corrected chi connectivity index (χ2v) is 9.14. The lowest BCUT2D eigenvalue weighted by atomic mass is 10.0. The lowest BCUT2D eigenvalue weighted by Crippen LogP contribution is -2.55. The van der Waals surface area contributed by atoms with Crippen LogP contribution in [0.3, 0.4) is 0 Å². The first-order valence-electron chi connectivity index (χ1n) is 12.4. The molecule has 10 nitrogen and oxygen atoms in total. The van der Waals surface area contributed by atoms with E-state index in [1.165, 1.54) is 0 Å². The van der Waals surface area contributed by atoms with E-state index < -0.39 is 48.6 Å². The van der Waals surface area contributed by atoms with Gasteiger partial charge in [0.05, 0.1) is 12.6 Å². The Morgan fingerprint density at radius 1 is 0.865 bits per heavy atom. The van der Waals surface area contributed by atoms with E-state index in [1.54, 1.807) is 24.3 Å². The van der Waals surface area contributed by atoms with Crippen LogP contribution >= 0.6 is 0 Å². The number of aliphatic hydroxyl groups excluding tert-OH is 1. The van der Waals surface area contributed by atoms with Gasteiger partial charge in [-0.15, -0.1) is 0 Å². The second kappa shape index (κ2) is 14.1. The van der Waals surface area contributed by atoms with Crippen molar-refractivity contribution < 1.29 is 29.4 Å². The molecule has 0 aliphatic carbocycles. The molecule has 3 amide bonds. The van der Waals surface area contributed by atoms with Crippen molar-refractivity contribution >= 4 is 23.7 Å². The monoisotopic (exact) mass is 510 g/mol. The first-order valence-corrected chi connectivity index (χ1v) is 12.4. The molecule has 0 unspecified atom stereocenters. The van der Waals surface area contributed by atoms with Crippen molar-refractivity contribution in [3.8, 4) is 0 Å². The summed E-state index contributed by atoms with van der Waals surface area (Å²) in [6, 6.07) is 14.8. The number of aliphatic carboxylic acids is 1. The lowest BCUT2D eigenvalue weighted by Gasteiger charge is -2.24. The van der Waals surface area contributed by atoms with Crippen LogP contribution in [0.15, 0.2) is 60.7 Å². The van der Waals surface area contributed by atoms with E-state index in [2.05, 4.69) is 21.3 Å². The number of rotatable bonds is 13. The summed E-state index contributed by atoms with van der Waals surface area (Å²) >= 11 is 0. The molecule has 2 aromatic carbocycles. The van der Waals surface area contributed by atoms with Crippen molar-refractivity contribution in [2.45, 2.75) is 56.3 Å². The van der Waals surface area contributed by atoms with Crippen LogP contribution in [0.2, 0.25) is 0 Å². The quantitative estimate of drug-likeness (QED) is 0.224. The van der Waals surface area contributed by atoms with E-state index in [9.17, 15) is 29.4 Å². The van der Waals surface area contributed by atoms with Gasteiger partial charge in [-0.1, -0.05) is 60.7 Å². The van der Waals surface area contributed by atoms with Gasteiger partial charge in [-0.3, -0.25) is 14.4 Å². The normalized spacial score (nSPS) is 17.3. The Morgan fingerprint density at radius 2 is 1.49 bits per heavy atom. The zero-order valence-corrected chi connectivity index (χ0v) is 20.6. The van der Waals surface area contributed by atoms with Crippen LogP contribution in [0, 0.1) is 0 Å². The maximum atomic E-state index is 12.9. The van der Waals surface area contributed by atoms with E-state index >= 15 is 0 Å². The molecule has 0 bridgehead atoms. The van der Waals surface area contributed by atoms with Gasteiger partial charge in [0, 0.05) is 18.9 Å². The average molecular weight is 511 g/mol. The SMILES string of the molecule is O=C(C[C@H](Cc1ccccc1)NC(=O)[C@H](CO)NC(=O)[C@@H]1CCCN1)N[C@@H](Cc1ccccc1)C(=O)O. The van der Waals surface area contributed by atoms with Gasteiger partial charge in [-0.2, -0.15) is 0 Å². The molecular weight excluding hydrogens is 476 g/mol. The van der Waals surface area contributed by atoms with E-state index in [0.717, 1.165) is 17.5 Å². The molecule has 198 valence electrons.